The van der Waals surface area contributed by atoms with E-state index in [9.17, 15) is 5.26 Å². The summed E-state index contributed by atoms with van der Waals surface area (Å²) in [5.74, 6) is 0. The fraction of sp³-hybridized carbons (Fsp3) is 0.125. The molecule has 0 unspecified atom stereocenters. The summed E-state index contributed by atoms with van der Waals surface area (Å²) in [6.07, 6.45) is 6.42. The van der Waals surface area contributed by atoms with Crippen LogP contribution in [0.4, 0.5) is 0 Å². The van der Waals surface area contributed by atoms with Gasteiger partial charge in [0.2, 0.25) is 0 Å². The first-order valence-electron chi connectivity index (χ1n) is 15.0. The Labute approximate surface area is 249 Å². The highest BCUT2D eigenvalue weighted by Crippen LogP contribution is 2.51. The summed E-state index contributed by atoms with van der Waals surface area (Å²) >= 11 is 0. The highest BCUT2D eigenvalue weighted by molar-refractivity contribution is 6.09. The van der Waals surface area contributed by atoms with Crippen molar-refractivity contribution in [1.29, 1.82) is 5.26 Å². The van der Waals surface area contributed by atoms with Crippen LogP contribution in [0.5, 0.6) is 0 Å². The topological polar surface area (TPSA) is 41.9 Å². The lowest BCUT2D eigenvalue weighted by atomic mass is 9.82. The van der Waals surface area contributed by atoms with E-state index in [0.29, 0.717) is 5.56 Å². The van der Waals surface area contributed by atoms with Gasteiger partial charge in [0, 0.05) is 38.4 Å². The standard InChI is InChI=1S/C40H28N2O/c1-40(2)33-15-6-3-11-27(33)31-21-32-30-19-18-24(20-37(30)43-38(32)22-34(31)40)26-14-9-10-25(23-41)39(26)42-35-16-7-4-12-28(35)29-13-5-8-17-36(29)42/h3-7,9-16,18-22H,8,17H2,1-2H3. The molecule has 3 heteroatoms. The van der Waals surface area contributed by atoms with Crippen molar-refractivity contribution >= 4 is 38.9 Å². The molecular formula is C40H28N2O. The van der Waals surface area contributed by atoms with Crippen LogP contribution in [0.15, 0.2) is 108 Å². The van der Waals surface area contributed by atoms with Crippen molar-refractivity contribution in [1.82, 2.24) is 4.57 Å². The normalized spacial score (nSPS) is 14.6. The average Bonchev–Trinajstić information content (AvgIpc) is 3.65. The van der Waals surface area contributed by atoms with Crippen LogP contribution < -0.4 is 0 Å². The maximum absolute atomic E-state index is 10.3. The van der Waals surface area contributed by atoms with Gasteiger partial charge in [-0.3, -0.25) is 0 Å². The molecule has 0 atom stereocenters. The molecule has 5 aromatic carbocycles. The van der Waals surface area contributed by atoms with Crippen LogP contribution in [-0.2, 0) is 11.8 Å². The van der Waals surface area contributed by atoms with E-state index in [1.54, 1.807) is 0 Å². The van der Waals surface area contributed by atoms with Crippen molar-refractivity contribution in [2.24, 2.45) is 0 Å². The lowest BCUT2D eigenvalue weighted by molar-refractivity contribution is 0.647. The van der Waals surface area contributed by atoms with Gasteiger partial charge < -0.3 is 8.98 Å². The van der Waals surface area contributed by atoms with Crippen molar-refractivity contribution in [3.63, 3.8) is 0 Å². The second-order valence-corrected chi connectivity index (χ2v) is 12.3. The summed E-state index contributed by atoms with van der Waals surface area (Å²) in [5.41, 5.74) is 14.3. The van der Waals surface area contributed by atoms with Crippen LogP contribution >= 0.6 is 0 Å². The molecule has 3 nitrogen and oxygen atoms in total. The predicted molar refractivity (Wildman–Crippen MR) is 176 cm³/mol. The first-order chi connectivity index (χ1) is 21.0. The number of furan rings is 1. The molecule has 0 radical (unpaired) electrons. The van der Waals surface area contributed by atoms with Gasteiger partial charge >= 0.3 is 0 Å². The zero-order valence-electron chi connectivity index (χ0n) is 24.1. The third kappa shape index (κ3) is 3.24. The van der Waals surface area contributed by atoms with Crippen LogP contribution in [0.3, 0.4) is 0 Å². The molecule has 0 N–H and O–H groups in total. The molecule has 2 aliphatic rings. The molecule has 204 valence electrons. The van der Waals surface area contributed by atoms with E-state index in [4.69, 9.17) is 4.42 Å². The Hall–Kier alpha value is -5.33. The summed E-state index contributed by atoms with van der Waals surface area (Å²) < 4.78 is 8.93. The van der Waals surface area contributed by atoms with Crippen molar-refractivity contribution in [3.05, 3.63) is 131 Å². The Balaban J connectivity index is 1.27. The summed E-state index contributed by atoms with van der Waals surface area (Å²) in [4.78, 5) is 0. The van der Waals surface area contributed by atoms with Gasteiger partial charge in [0.1, 0.15) is 17.2 Å². The van der Waals surface area contributed by atoms with Crippen LogP contribution in [-0.4, -0.2) is 4.57 Å². The Morgan fingerprint density at radius 2 is 1.56 bits per heavy atom. The smallest absolute Gasteiger partial charge is 0.136 e. The SMILES string of the molecule is CC1(C)c2ccccc2-c2cc3c(cc21)oc1cc(-c2cccc(C#N)c2-n2c4c(c5ccccc52)C=CCC4)ccc13. The number of para-hydroxylation sites is 2. The summed E-state index contributed by atoms with van der Waals surface area (Å²) in [7, 11) is 0. The molecule has 2 aliphatic carbocycles. The van der Waals surface area contributed by atoms with E-state index in [0.717, 1.165) is 57.1 Å². The Bertz CT molecular complexity index is 2390. The predicted octanol–water partition coefficient (Wildman–Crippen LogP) is 10.3. The number of hydrogen-bond acceptors (Lipinski definition) is 2. The quantitative estimate of drug-likeness (QED) is 0.214. The van der Waals surface area contributed by atoms with Crippen molar-refractivity contribution in [2.45, 2.75) is 32.1 Å². The molecular weight excluding hydrogens is 524 g/mol. The van der Waals surface area contributed by atoms with Gasteiger partial charge in [-0.2, -0.15) is 5.26 Å². The van der Waals surface area contributed by atoms with Crippen LogP contribution in [0.25, 0.3) is 66.9 Å². The Kier molecular flexibility index (Phi) is 4.86. The number of benzene rings is 5. The number of hydrogen-bond donors (Lipinski definition) is 0. The van der Waals surface area contributed by atoms with Gasteiger partial charge in [0.25, 0.3) is 0 Å². The van der Waals surface area contributed by atoms with Crippen LogP contribution in [0.2, 0.25) is 0 Å². The van der Waals surface area contributed by atoms with Crippen molar-refractivity contribution in [3.8, 4) is 34.0 Å². The number of allylic oxidation sites excluding steroid dienone is 1. The maximum Gasteiger partial charge on any atom is 0.136 e. The summed E-state index contributed by atoms with van der Waals surface area (Å²) in [6.45, 7) is 4.60. The molecule has 2 heterocycles. The fourth-order valence-corrected chi connectivity index (χ4v) is 7.67. The minimum absolute atomic E-state index is 0.0786. The lowest BCUT2D eigenvalue weighted by Gasteiger charge is -2.21. The van der Waals surface area contributed by atoms with E-state index in [1.807, 2.05) is 12.1 Å². The van der Waals surface area contributed by atoms with Crippen LogP contribution in [0.1, 0.15) is 48.2 Å². The zero-order valence-corrected chi connectivity index (χ0v) is 24.1. The maximum atomic E-state index is 10.3. The molecule has 0 amide bonds. The molecule has 0 bridgehead atoms. The van der Waals surface area contributed by atoms with E-state index >= 15 is 0 Å². The highest BCUT2D eigenvalue weighted by atomic mass is 16.3. The van der Waals surface area contributed by atoms with Crippen molar-refractivity contribution in [2.75, 3.05) is 0 Å². The highest BCUT2D eigenvalue weighted by Gasteiger charge is 2.36. The molecule has 9 rings (SSSR count). The van der Waals surface area contributed by atoms with Gasteiger partial charge in [0.05, 0.1) is 16.8 Å². The van der Waals surface area contributed by atoms with Gasteiger partial charge in [-0.25, -0.2) is 0 Å². The van der Waals surface area contributed by atoms with E-state index in [-0.39, 0.29) is 5.41 Å². The number of fused-ring (bicyclic) bond motifs is 9. The zero-order chi connectivity index (χ0) is 28.9. The van der Waals surface area contributed by atoms with Gasteiger partial charge in [0.15, 0.2) is 0 Å². The minimum atomic E-state index is -0.0786. The molecule has 0 saturated carbocycles. The summed E-state index contributed by atoms with van der Waals surface area (Å²) in [6, 6.07) is 36.9. The minimum Gasteiger partial charge on any atom is -0.456 e. The van der Waals surface area contributed by atoms with Crippen molar-refractivity contribution < 1.29 is 4.42 Å². The molecule has 0 saturated heterocycles. The number of aromatic nitrogens is 1. The monoisotopic (exact) mass is 552 g/mol. The average molecular weight is 553 g/mol. The first-order valence-corrected chi connectivity index (χ1v) is 15.0. The second kappa shape index (κ2) is 8.60. The third-order valence-electron chi connectivity index (χ3n) is 9.71. The van der Waals surface area contributed by atoms with Gasteiger partial charge in [-0.15, -0.1) is 0 Å². The number of rotatable bonds is 2. The van der Waals surface area contributed by atoms with Gasteiger partial charge in [-0.1, -0.05) is 86.7 Å². The Morgan fingerprint density at radius 1 is 0.744 bits per heavy atom. The van der Waals surface area contributed by atoms with E-state index in [2.05, 4.69) is 122 Å². The van der Waals surface area contributed by atoms with E-state index < -0.39 is 0 Å². The first kappa shape index (κ1) is 24.3. The van der Waals surface area contributed by atoms with E-state index in [1.165, 1.54) is 38.9 Å². The Morgan fingerprint density at radius 3 is 2.47 bits per heavy atom. The molecule has 43 heavy (non-hydrogen) atoms. The number of nitrogens with zero attached hydrogens (tertiary/aromatic N) is 2. The number of nitriles is 1. The second-order valence-electron chi connectivity index (χ2n) is 12.3. The molecule has 7 aromatic rings. The third-order valence-corrected chi connectivity index (χ3v) is 9.71. The molecule has 2 aromatic heterocycles. The molecule has 0 fully saturated rings. The fourth-order valence-electron chi connectivity index (χ4n) is 7.67. The summed E-state index contributed by atoms with van der Waals surface area (Å²) in [5, 5.41) is 13.8. The van der Waals surface area contributed by atoms with Gasteiger partial charge in [-0.05, 0) is 77.1 Å². The van der Waals surface area contributed by atoms with Crippen LogP contribution in [0, 0.1) is 11.3 Å². The lowest BCUT2D eigenvalue weighted by Crippen LogP contribution is -2.14. The largest absolute Gasteiger partial charge is 0.456 e. The molecule has 0 aliphatic heterocycles. The molecule has 0 spiro atoms.